The van der Waals surface area contributed by atoms with Crippen LogP contribution in [0.25, 0.3) is 0 Å². The van der Waals surface area contributed by atoms with E-state index in [2.05, 4.69) is 10.5 Å². The molecule has 1 N–H and O–H groups in total. The fourth-order valence-electron chi connectivity index (χ4n) is 1.74. The number of amides is 1. The van der Waals surface area contributed by atoms with E-state index in [1.165, 1.54) is 18.3 Å². The summed E-state index contributed by atoms with van der Waals surface area (Å²) in [5, 5.41) is 7.88. The normalized spacial score (nSPS) is 11.7. The van der Waals surface area contributed by atoms with Crippen LogP contribution in [-0.4, -0.2) is 28.9 Å². The number of Topliss-reactive ketones (excluding diaryl/α,β-unsaturated/α-hetero) is 1. The van der Waals surface area contributed by atoms with Crippen LogP contribution >= 0.6 is 11.3 Å². The fourth-order valence-corrected chi connectivity index (χ4v) is 2.43. The van der Waals surface area contributed by atoms with E-state index in [9.17, 15) is 14.4 Å². The Morgan fingerprint density at radius 1 is 1.39 bits per heavy atom. The highest BCUT2D eigenvalue weighted by atomic mass is 32.1. The highest BCUT2D eigenvalue weighted by Gasteiger charge is 2.20. The number of ether oxygens (including phenoxy) is 1. The summed E-state index contributed by atoms with van der Waals surface area (Å²) in [4.78, 5) is 35.9. The minimum Gasteiger partial charge on any atom is -0.453 e. The number of nitrogens with one attached hydrogen (secondary N) is 1. The first-order chi connectivity index (χ1) is 11.0. The number of hydrogen-bond acceptors (Lipinski definition) is 7. The number of esters is 1. The molecule has 0 aliphatic carbocycles. The maximum absolute atomic E-state index is 11.8. The van der Waals surface area contributed by atoms with Gasteiger partial charge >= 0.3 is 5.97 Å². The van der Waals surface area contributed by atoms with Gasteiger partial charge in [-0.05, 0) is 25.3 Å². The summed E-state index contributed by atoms with van der Waals surface area (Å²) in [6.45, 7) is 3.14. The van der Waals surface area contributed by atoms with E-state index < -0.39 is 18.0 Å². The number of nitrogens with zero attached hydrogens (tertiary/aromatic N) is 1. The molecule has 0 aliphatic rings. The number of carbonyl (C=O) groups is 3. The van der Waals surface area contributed by atoms with E-state index in [4.69, 9.17) is 9.26 Å². The molecule has 0 spiro atoms. The van der Waals surface area contributed by atoms with Crippen molar-refractivity contribution in [2.24, 2.45) is 0 Å². The van der Waals surface area contributed by atoms with Crippen LogP contribution < -0.4 is 5.32 Å². The molecule has 2 heterocycles. The molecule has 0 aliphatic heterocycles. The highest BCUT2D eigenvalue weighted by molar-refractivity contribution is 7.12. The number of hydrogen-bond donors (Lipinski definition) is 1. The van der Waals surface area contributed by atoms with Crippen LogP contribution in [0.3, 0.4) is 0 Å². The number of ketones is 1. The van der Waals surface area contributed by atoms with Crippen LogP contribution in [0.4, 0.5) is 5.82 Å². The van der Waals surface area contributed by atoms with E-state index in [0.717, 1.165) is 0 Å². The Labute approximate surface area is 136 Å². The largest absolute Gasteiger partial charge is 0.453 e. The van der Waals surface area contributed by atoms with Gasteiger partial charge in [0.2, 0.25) is 0 Å². The summed E-state index contributed by atoms with van der Waals surface area (Å²) in [5.41, 5.74) is 0. The third kappa shape index (κ3) is 5.03. The maximum Gasteiger partial charge on any atom is 0.307 e. The summed E-state index contributed by atoms with van der Waals surface area (Å²) in [6.07, 6.45) is -1.01. The van der Waals surface area contributed by atoms with Crippen molar-refractivity contribution < 1.29 is 23.6 Å². The lowest BCUT2D eigenvalue weighted by atomic mass is 10.2. The Morgan fingerprint density at radius 2 is 2.17 bits per heavy atom. The highest BCUT2D eigenvalue weighted by Crippen LogP contribution is 2.13. The van der Waals surface area contributed by atoms with Gasteiger partial charge in [0.25, 0.3) is 5.91 Å². The van der Waals surface area contributed by atoms with Crippen LogP contribution in [0, 0.1) is 6.92 Å². The first kappa shape index (κ1) is 16.9. The zero-order valence-corrected chi connectivity index (χ0v) is 13.5. The van der Waals surface area contributed by atoms with Gasteiger partial charge in [0.05, 0.1) is 11.3 Å². The number of rotatable bonds is 7. The molecule has 0 saturated heterocycles. The van der Waals surface area contributed by atoms with Crippen LogP contribution in [0.5, 0.6) is 0 Å². The van der Waals surface area contributed by atoms with E-state index in [1.807, 2.05) is 0 Å². The Morgan fingerprint density at radius 3 is 2.78 bits per heavy atom. The lowest BCUT2D eigenvalue weighted by Gasteiger charge is -2.11. The van der Waals surface area contributed by atoms with Crippen molar-refractivity contribution in [1.82, 2.24) is 5.16 Å². The average Bonchev–Trinajstić information content (AvgIpc) is 3.16. The smallest absolute Gasteiger partial charge is 0.307 e. The maximum atomic E-state index is 11.8. The van der Waals surface area contributed by atoms with Crippen molar-refractivity contribution >= 4 is 34.8 Å². The van der Waals surface area contributed by atoms with Gasteiger partial charge in [-0.25, -0.2) is 0 Å². The lowest BCUT2D eigenvalue weighted by molar-refractivity contribution is -0.153. The van der Waals surface area contributed by atoms with Crippen LogP contribution in [0.2, 0.25) is 0 Å². The molecule has 2 aromatic rings. The van der Waals surface area contributed by atoms with Crippen LogP contribution in [-0.2, 0) is 14.3 Å². The molecule has 0 aromatic carbocycles. The van der Waals surface area contributed by atoms with Crippen molar-refractivity contribution in [2.45, 2.75) is 32.8 Å². The van der Waals surface area contributed by atoms with Gasteiger partial charge in [-0.3, -0.25) is 14.4 Å². The van der Waals surface area contributed by atoms with Gasteiger partial charge in [-0.15, -0.1) is 11.3 Å². The van der Waals surface area contributed by atoms with Gasteiger partial charge in [-0.1, -0.05) is 11.2 Å². The molecule has 0 saturated carbocycles. The second-order valence-electron chi connectivity index (χ2n) is 4.84. The molecular weight excluding hydrogens is 320 g/mol. The predicted molar refractivity (Wildman–Crippen MR) is 83.3 cm³/mol. The topological polar surface area (TPSA) is 98.5 Å². The number of carbonyl (C=O) groups excluding carboxylic acids is 3. The Bertz CT molecular complexity index is 693. The third-order valence-electron chi connectivity index (χ3n) is 2.91. The predicted octanol–water partition coefficient (Wildman–Crippen LogP) is 2.58. The summed E-state index contributed by atoms with van der Waals surface area (Å²) in [5.74, 6) is -0.433. The molecule has 0 radical (unpaired) electrons. The minimum atomic E-state index is -0.989. The molecule has 2 aromatic heterocycles. The van der Waals surface area contributed by atoms with E-state index >= 15 is 0 Å². The summed E-state index contributed by atoms with van der Waals surface area (Å²) >= 11 is 1.32. The van der Waals surface area contributed by atoms with Gasteiger partial charge in [-0.2, -0.15) is 0 Å². The second kappa shape index (κ2) is 7.68. The molecule has 1 unspecified atom stereocenters. The fraction of sp³-hybridized carbons (Fsp3) is 0.333. The van der Waals surface area contributed by atoms with E-state index in [-0.39, 0.29) is 24.4 Å². The number of aromatic nitrogens is 1. The van der Waals surface area contributed by atoms with Crippen molar-refractivity contribution in [2.75, 3.05) is 5.32 Å². The quantitative estimate of drug-likeness (QED) is 0.616. The average molecular weight is 336 g/mol. The molecule has 1 amide bonds. The molecule has 122 valence electrons. The molecule has 0 fully saturated rings. The number of anilines is 1. The van der Waals surface area contributed by atoms with Gasteiger partial charge in [0.1, 0.15) is 5.76 Å². The molecule has 1 atom stereocenters. The van der Waals surface area contributed by atoms with Crippen LogP contribution in [0.15, 0.2) is 28.1 Å². The SMILES string of the molecule is Cc1cc(NC(=O)C(C)OC(=O)CCC(=O)c2cccs2)no1. The first-order valence-corrected chi connectivity index (χ1v) is 7.84. The Balaban J connectivity index is 1.75. The Hall–Kier alpha value is -2.48. The molecule has 23 heavy (non-hydrogen) atoms. The number of aryl methyl sites for hydroxylation is 1. The monoisotopic (exact) mass is 336 g/mol. The molecule has 8 heteroatoms. The van der Waals surface area contributed by atoms with Crippen molar-refractivity contribution in [3.05, 3.63) is 34.2 Å². The van der Waals surface area contributed by atoms with Gasteiger partial charge in [0, 0.05) is 12.5 Å². The molecule has 0 bridgehead atoms. The van der Waals surface area contributed by atoms with Crippen molar-refractivity contribution in [3.8, 4) is 0 Å². The molecular formula is C15H16N2O5S. The molecule has 7 nitrogen and oxygen atoms in total. The van der Waals surface area contributed by atoms with Gasteiger partial charge < -0.3 is 14.6 Å². The summed E-state index contributed by atoms with van der Waals surface area (Å²) in [6, 6.07) is 5.02. The zero-order chi connectivity index (χ0) is 16.8. The van der Waals surface area contributed by atoms with Crippen molar-refractivity contribution in [1.29, 1.82) is 0 Å². The van der Waals surface area contributed by atoms with E-state index in [0.29, 0.717) is 10.6 Å². The lowest BCUT2D eigenvalue weighted by Crippen LogP contribution is -2.30. The summed E-state index contributed by atoms with van der Waals surface area (Å²) < 4.78 is 9.82. The Kier molecular flexibility index (Phi) is 5.64. The molecule has 2 rings (SSSR count). The van der Waals surface area contributed by atoms with Crippen molar-refractivity contribution in [3.63, 3.8) is 0 Å². The van der Waals surface area contributed by atoms with Crippen LogP contribution in [0.1, 0.15) is 35.2 Å². The standard InChI is InChI=1S/C15H16N2O5S/c1-9-8-13(17-22-9)16-15(20)10(2)21-14(19)6-5-11(18)12-4-3-7-23-12/h3-4,7-8,10H,5-6H2,1-2H3,(H,16,17,20). The summed E-state index contributed by atoms with van der Waals surface area (Å²) in [7, 11) is 0. The van der Waals surface area contributed by atoms with Gasteiger partial charge in [0.15, 0.2) is 17.7 Å². The second-order valence-corrected chi connectivity index (χ2v) is 5.79. The minimum absolute atomic E-state index is 0.0518. The first-order valence-electron chi connectivity index (χ1n) is 6.96. The van der Waals surface area contributed by atoms with E-state index in [1.54, 1.807) is 30.5 Å². The number of thiophene rings is 1. The third-order valence-corrected chi connectivity index (χ3v) is 3.82. The zero-order valence-electron chi connectivity index (χ0n) is 12.7.